The zero-order valence-corrected chi connectivity index (χ0v) is 13.4. The fraction of sp³-hybridized carbons (Fsp3) is 0.389. The summed E-state index contributed by atoms with van der Waals surface area (Å²) in [5.74, 6) is 2.76. The van der Waals surface area contributed by atoms with Crippen LogP contribution in [-0.2, 0) is 17.8 Å². The number of fused-ring (bicyclic) bond motifs is 1. The molecule has 5 heteroatoms. The maximum absolute atomic E-state index is 12.1. The number of ether oxygens (including phenoxy) is 1. The molecule has 1 aromatic heterocycles. The summed E-state index contributed by atoms with van der Waals surface area (Å²) in [7, 11) is 0. The number of rotatable bonds is 5. The molecule has 0 radical (unpaired) electrons. The molecule has 0 saturated heterocycles. The van der Waals surface area contributed by atoms with E-state index in [2.05, 4.69) is 10.2 Å². The number of hydrogen-bond donors (Lipinski definition) is 1. The molecule has 3 rings (SSSR count). The van der Waals surface area contributed by atoms with Crippen molar-refractivity contribution in [2.24, 2.45) is 0 Å². The molecule has 1 N–H and O–H groups in total. The first kappa shape index (κ1) is 15.6. The van der Waals surface area contributed by atoms with Crippen molar-refractivity contribution in [3.8, 4) is 5.75 Å². The lowest BCUT2D eigenvalue weighted by atomic mass is 10.2. The molecule has 0 aliphatic carbocycles. The topological polar surface area (TPSA) is 54.7 Å². The number of benzene rings is 1. The highest BCUT2D eigenvalue weighted by molar-refractivity contribution is 5.78. The van der Waals surface area contributed by atoms with Crippen molar-refractivity contribution in [2.75, 3.05) is 26.2 Å². The van der Waals surface area contributed by atoms with Gasteiger partial charge in [-0.25, -0.2) is 0 Å². The van der Waals surface area contributed by atoms with Gasteiger partial charge < -0.3 is 14.5 Å². The van der Waals surface area contributed by atoms with Gasteiger partial charge in [0, 0.05) is 31.6 Å². The second-order valence-corrected chi connectivity index (χ2v) is 5.78. The molecule has 122 valence electrons. The van der Waals surface area contributed by atoms with Gasteiger partial charge in [-0.1, -0.05) is 18.2 Å². The van der Waals surface area contributed by atoms with E-state index in [4.69, 9.17) is 9.15 Å². The first-order chi connectivity index (χ1) is 11.2. The van der Waals surface area contributed by atoms with Crippen molar-refractivity contribution >= 4 is 5.91 Å². The molecule has 1 amide bonds. The van der Waals surface area contributed by atoms with Gasteiger partial charge >= 0.3 is 0 Å². The molecule has 23 heavy (non-hydrogen) atoms. The number of hydrogen-bond acceptors (Lipinski definition) is 4. The standard InChI is InChI=1S/C18H22N2O3/c1-14-6-7-16(23-14)8-9-19-18(21)13-20-10-11-22-17-5-3-2-4-15(17)12-20/h2-7H,8-13H2,1H3,(H,19,21). The number of nitrogens with one attached hydrogen (secondary N) is 1. The van der Waals surface area contributed by atoms with Crippen molar-refractivity contribution in [2.45, 2.75) is 19.9 Å². The third-order valence-electron chi connectivity index (χ3n) is 3.89. The summed E-state index contributed by atoms with van der Waals surface area (Å²) in [6, 6.07) is 11.9. The quantitative estimate of drug-likeness (QED) is 0.919. The summed E-state index contributed by atoms with van der Waals surface area (Å²) in [4.78, 5) is 14.2. The summed E-state index contributed by atoms with van der Waals surface area (Å²) in [6.07, 6.45) is 0.714. The summed E-state index contributed by atoms with van der Waals surface area (Å²) in [6.45, 7) is 4.99. The lowest BCUT2D eigenvalue weighted by Gasteiger charge is -2.18. The molecule has 2 aromatic rings. The Morgan fingerprint density at radius 2 is 2.13 bits per heavy atom. The van der Waals surface area contributed by atoms with Crippen molar-refractivity contribution in [3.63, 3.8) is 0 Å². The van der Waals surface area contributed by atoms with E-state index in [-0.39, 0.29) is 5.91 Å². The molecule has 0 atom stereocenters. The van der Waals surface area contributed by atoms with Gasteiger partial charge in [-0.3, -0.25) is 9.69 Å². The third kappa shape index (κ3) is 4.36. The van der Waals surface area contributed by atoms with Gasteiger partial charge in [0.1, 0.15) is 23.9 Å². The largest absolute Gasteiger partial charge is 0.492 e. The number of aryl methyl sites for hydroxylation is 1. The zero-order valence-electron chi connectivity index (χ0n) is 13.4. The highest BCUT2D eigenvalue weighted by atomic mass is 16.5. The Labute approximate surface area is 136 Å². The number of furan rings is 1. The van der Waals surface area contributed by atoms with Gasteiger partial charge in [-0.05, 0) is 25.1 Å². The molecule has 1 aliphatic heterocycles. The van der Waals surface area contributed by atoms with Crippen molar-refractivity contribution in [3.05, 3.63) is 53.5 Å². The molecule has 0 spiro atoms. The SMILES string of the molecule is Cc1ccc(CCNC(=O)CN2CCOc3ccccc3C2)o1. The molecule has 0 bridgehead atoms. The van der Waals surface area contributed by atoms with E-state index in [0.29, 0.717) is 26.1 Å². The summed E-state index contributed by atoms with van der Waals surface area (Å²) < 4.78 is 11.2. The molecule has 0 unspecified atom stereocenters. The third-order valence-corrected chi connectivity index (χ3v) is 3.89. The van der Waals surface area contributed by atoms with Crippen LogP contribution >= 0.6 is 0 Å². The summed E-state index contributed by atoms with van der Waals surface area (Å²) >= 11 is 0. The molecular weight excluding hydrogens is 292 g/mol. The predicted molar refractivity (Wildman–Crippen MR) is 87.4 cm³/mol. The van der Waals surface area contributed by atoms with Crippen LogP contribution in [0, 0.1) is 6.92 Å². The number of amides is 1. The Bertz CT molecular complexity index is 666. The van der Waals surface area contributed by atoms with E-state index in [9.17, 15) is 4.79 Å². The van der Waals surface area contributed by atoms with E-state index in [1.54, 1.807) is 0 Å². The van der Waals surface area contributed by atoms with Gasteiger partial charge in [-0.2, -0.15) is 0 Å². The summed E-state index contributed by atoms with van der Waals surface area (Å²) in [5.41, 5.74) is 1.13. The monoisotopic (exact) mass is 314 g/mol. The Balaban J connectivity index is 1.46. The Morgan fingerprint density at radius 1 is 1.26 bits per heavy atom. The van der Waals surface area contributed by atoms with E-state index in [0.717, 1.165) is 35.9 Å². The van der Waals surface area contributed by atoms with Crippen LogP contribution in [0.5, 0.6) is 5.75 Å². The van der Waals surface area contributed by atoms with Crippen molar-refractivity contribution in [1.29, 1.82) is 0 Å². The normalized spacial score (nSPS) is 14.7. The molecule has 1 aromatic carbocycles. The predicted octanol–water partition coefficient (Wildman–Crippen LogP) is 2.14. The van der Waals surface area contributed by atoms with Crippen molar-refractivity contribution in [1.82, 2.24) is 10.2 Å². The van der Waals surface area contributed by atoms with Crippen LogP contribution in [0.1, 0.15) is 17.1 Å². The van der Waals surface area contributed by atoms with E-state index in [1.165, 1.54) is 0 Å². The number of para-hydroxylation sites is 1. The highest BCUT2D eigenvalue weighted by Crippen LogP contribution is 2.22. The first-order valence-corrected chi connectivity index (χ1v) is 7.96. The van der Waals surface area contributed by atoms with Gasteiger partial charge in [-0.15, -0.1) is 0 Å². The maximum Gasteiger partial charge on any atom is 0.234 e. The Morgan fingerprint density at radius 3 is 2.96 bits per heavy atom. The minimum atomic E-state index is 0.0349. The highest BCUT2D eigenvalue weighted by Gasteiger charge is 2.17. The Kier molecular flexibility index (Phi) is 4.98. The molecule has 0 fully saturated rings. The van der Waals surface area contributed by atoms with Crippen molar-refractivity contribution < 1.29 is 13.9 Å². The Hall–Kier alpha value is -2.27. The number of carbonyl (C=O) groups excluding carboxylic acids is 1. The van der Waals surface area contributed by atoms with Crippen LogP contribution in [-0.4, -0.2) is 37.0 Å². The molecule has 1 aliphatic rings. The molecule has 2 heterocycles. The lowest BCUT2D eigenvalue weighted by molar-refractivity contribution is -0.122. The molecular formula is C18H22N2O3. The zero-order chi connectivity index (χ0) is 16.1. The first-order valence-electron chi connectivity index (χ1n) is 7.96. The van der Waals surface area contributed by atoms with Crippen LogP contribution in [0.25, 0.3) is 0 Å². The van der Waals surface area contributed by atoms with E-state index >= 15 is 0 Å². The van der Waals surface area contributed by atoms with Gasteiger partial charge in [0.25, 0.3) is 0 Å². The lowest BCUT2D eigenvalue weighted by Crippen LogP contribution is -2.38. The fourth-order valence-corrected chi connectivity index (χ4v) is 2.72. The summed E-state index contributed by atoms with van der Waals surface area (Å²) in [5, 5.41) is 2.95. The number of carbonyl (C=O) groups is 1. The van der Waals surface area contributed by atoms with Crippen LogP contribution < -0.4 is 10.1 Å². The maximum atomic E-state index is 12.1. The van der Waals surface area contributed by atoms with Crippen LogP contribution in [0.3, 0.4) is 0 Å². The van der Waals surface area contributed by atoms with Crippen LogP contribution in [0.4, 0.5) is 0 Å². The number of nitrogens with zero attached hydrogens (tertiary/aromatic N) is 1. The van der Waals surface area contributed by atoms with Gasteiger partial charge in [0.05, 0.1) is 6.54 Å². The van der Waals surface area contributed by atoms with Crippen LogP contribution in [0.2, 0.25) is 0 Å². The average molecular weight is 314 g/mol. The van der Waals surface area contributed by atoms with Gasteiger partial charge in [0.2, 0.25) is 5.91 Å². The minimum absolute atomic E-state index is 0.0349. The van der Waals surface area contributed by atoms with Gasteiger partial charge in [0.15, 0.2) is 0 Å². The van der Waals surface area contributed by atoms with E-state index < -0.39 is 0 Å². The smallest absolute Gasteiger partial charge is 0.234 e. The van der Waals surface area contributed by atoms with E-state index in [1.807, 2.05) is 43.3 Å². The second-order valence-electron chi connectivity index (χ2n) is 5.78. The fourth-order valence-electron chi connectivity index (χ4n) is 2.72. The minimum Gasteiger partial charge on any atom is -0.492 e. The molecule has 5 nitrogen and oxygen atoms in total. The van der Waals surface area contributed by atoms with Crippen LogP contribution in [0.15, 0.2) is 40.8 Å². The average Bonchev–Trinajstić information content (AvgIpc) is 2.83. The molecule has 0 saturated carbocycles. The second kappa shape index (κ2) is 7.33.